The molecule has 8 heteroatoms. The van der Waals surface area contributed by atoms with Crippen LogP contribution in [0.15, 0.2) is 66.2 Å². The molecule has 0 spiro atoms. The first-order valence-corrected chi connectivity index (χ1v) is 12.3. The van der Waals surface area contributed by atoms with Gasteiger partial charge in [0.25, 0.3) is 11.7 Å². The molecule has 0 bridgehead atoms. The number of hydrogen-bond acceptors (Lipinski definition) is 6. The second kappa shape index (κ2) is 11.0. The van der Waals surface area contributed by atoms with Gasteiger partial charge >= 0.3 is 0 Å². The van der Waals surface area contributed by atoms with Crippen molar-refractivity contribution in [3.05, 3.63) is 87.9 Å². The van der Waals surface area contributed by atoms with Gasteiger partial charge in [0, 0.05) is 11.3 Å². The van der Waals surface area contributed by atoms with Crippen LogP contribution in [0.25, 0.3) is 5.76 Å². The Morgan fingerprint density at radius 1 is 0.946 bits per heavy atom. The maximum atomic E-state index is 13.5. The first-order chi connectivity index (χ1) is 17.8. The molecule has 1 heterocycles. The van der Waals surface area contributed by atoms with Gasteiger partial charge in [0.1, 0.15) is 11.5 Å². The molecule has 37 heavy (non-hydrogen) atoms. The van der Waals surface area contributed by atoms with E-state index in [-0.39, 0.29) is 11.3 Å². The number of carbonyl (C=O) groups excluding carboxylic acids is 2. The molecule has 1 aliphatic rings. The number of anilines is 1. The monoisotopic (exact) mass is 521 g/mol. The standard InChI is InChI=1S/C29H28ClNO6/c1-5-36-23-16-19(10-12-21(23)30)27(32)25-26(18-11-13-22(35-4)24(15-18)37-6-2)31(29(34)28(25)33)20-9-7-8-17(3)14-20/h7-16,26,32H,5-6H2,1-4H3/b27-25-. The number of amides is 1. The number of carbonyl (C=O) groups is 2. The second-order valence-corrected chi connectivity index (χ2v) is 8.84. The summed E-state index contributed by atoms with van der Waals surface area (Å²) >= 11 is 6.23. The van der Waals surface area contributed by atoms with Crippen molar-refractivity contribution in [2.24, 2.45) is 0 Å². The Kier molecular flexibility index (Phi) is 7.74. The van der Waals surface area contributed by atoms with Gasteiger partial charge in [0.2, 0.25) is 0 Å². The van der Waals surface area contributed by atoms with Crippen LogP contribution in [0.3, 0.4) is 0 Å². The molecule has 3 aromatic carbocycles. The SMILES string of the molecule is CCOc1cc(/C(O)=C2/C(=O)C(=O)N(c3cccc(C)c3)C2c2ccc(OC)c(OCC)c2)ccc1Cl. The van der Waals surface area contributed by atoms with Crippen molar-refractivity contribution in [1.29, 1.82) is 0 Å². The van der Waals surface area contributed by atoms with Crippen molar-refractivity contribution < 1.29 is 28.9 Å². The van der Waals surface area contributed by atoms with Crippen LogP contribution in [0.5, 0.6) is 17.2 Å². The maximum absolute atomic E-state index is 13.5. The molecule has 192 valence electrons. The van der Waals surface area contributed by atoms with Crippen LogP contribution < -0.4 is 19.1 Å². The Bertz CT molecular complexity index is 1380. The minimum Gasteiger partial charge on any atom is -0.507 e. The first-order valence-electron chi connectivity index (χ1n) is 11.9. The summed E-state index contributed by atoms with van der Waals surface area (Å²) in [6.45, 7) is 6.33. The molecular weight excluding hydrogens is 494 g/mol. The zero-order valence-corrected chi connectivity index (χ0v) is 21.8. The highest BCUT2D eigenvalue weighted by atomic mass is 35.5. The van der Waals surface area contributed by atoms with Gasteiger partial charge in [-0.25, -0.2) is 0 Å². The Labute approximate surface area is 220 Å². The van der Waals surface area contributed by atoms with Crippen molar-refractivity contribution in [2.75, 3.05) is 25.2 Å². The van der Waals surface area contributed by atoms with Crippen LogP contribution in [0.2, 0.25) is 5.02 Å². The predicted octanol–water partition coefficient (Wildman–Crippen LogP) is 6.08. The minimum atomic E-state index is -0.918. The van der Waals surface area contributed by atoms with E-state index in [1.54, 1.807) is 42.5 Å². The largest absolute Gasteiger partial charge is 0.507 e. The molecule has 0 aliphatic carbocycles. The number of methoxy groups -OCH3 is 1. The van der Waals surface area contributed by atoms with Crippen LogP contribution >= 0.6 is 11.6 Å². The number of benzene rings is 3. The lowest BCUT2D eigenvalue weighted by atomic mass is 9.94. The van der Waals surface area contributed by atoms with Gasteiger partial charge in [-0.2, -0.15) is 0 Å². The smallest absolute Gasteiger partial charge is 0.300 e. The molecule has 7 nitrogen and oxygen atoms in total. The van der Waals surface area contributed by atoms with Crippen molar-refractivity contribution >= 4 is 34.7 Å². The summed E-state index contributed by atoms with van der Waals surface area (Å²) in [5.41, 5.74) is 2.28. The molecule has 1 N–H and O–H groups in total. The summed E-state index contributed by atoms with van der Waals surface area (Å²) in [6.07, 6.45) is 0. The molecule has 0 radical (unpaired) electrons. The average Bonchev–Trinajstić information content (AvgIpc) is 3.15. The zero-order chi connectivity index (χ0) is 26.7. The van der Waals surface area contributed by atoms with E-state index in [2.05, 4.69) is 0 Å². The third-order valence-electron chi connectivity index (χ3n) is 6.03. The van der Waals surface area contributed by atoms with Crippen LogP contribution in [0, 0.1) is 6.92 Å². The van der Waals surface area contributed by atoms with Gasteiger partial charge in [-0.05, 0) is 74.4 Å². The average molecular weight is 522 g/mol. The quantitative estimate of drug-likeness (QED) is 0.220. The fraction of sp³-hybridized carbons (Fsp3) is 0.241. The number of aliphatic hydroxyl groups excluding tert-OH is 1. The van der Waals surface area contributed by atoms with Gasteiger partial charge in [-0.15, -0.1) is 0 Å². The molecule has 1 unspecified atom stereocenters. The van der Waals surface area contributed by atoms with Gasteiger partial charge in [-0.1, -0.05) is 29.8 Å². The molecule has 1 saturated heterocycles. The van der Waals surface area contributed by atoms with Crippen molar-refractivity contribution in [3.8, 4) is 17.2 Å². The summed E-state index contributed by atoms with van der Waals surface area (Å²) in [5, 5.41) is 11.8. The Morgan fingerprint density at radius 3 is 2.35 bits per heavy atom. The molecule has 1 aliphatic heterocycles. The predicted molar refractivity (Wildman–Crippen MR) is 143 cm³/mol. The van der Waals surface area contributed by atoms with Crippen molar-refractivity contribution in [1.82, 2.24) is 0 Å². The topological polar surface area (TPSA) is 85.3 Å². The van der Waals surface area contributed by atoms with Gasteiger partial charge < -0.3 is 19.3 Å². The normalized spacial score (nSPS) is 16.7. The highest BCUT2D eigenvalue weighted by molar-refractivity contribution is 6.51. The molecule has 1 amide bonds. The number of nitrogens with zero attached hydrogens (tertiary/aromatic N) is 1. The molecule has 1 atom stereocenters. The number of hydrogen-bond donors (Lipinski definition) is 1. The molecule has 1 fully saturated rings. The third kappa shape index (κ3) is 5.00. The number of aliphatic hydroxyl groups is 1. The number of Topliss-reactive ketones (excluding diaryl/α,β-unsaturated/α-hetero) is 1. The summed E-state index contributed by atoms with van der Waals surface area (Å²) in [4.78, 5) is 28.3. The fourth-order valence-electron chi connectivity index (χ4n) is 4.40. The molecular formula is C29H28ClNO6. The van der Waals surface area contributed by atoms with E-state index in [1.165, 1.54) is 12.0 Å². The number of aryl methyl sites for hydroxylation is 1. The highest BCUT2D eigenvalue weighted by Crippen LogP contribution is 2.44. The van der Waals surface area contributed by atoms with E-state index in [0.29, 0.717) is 52.3 Å². The van der Waals surface area contributed by atoms with Crippen LogP contribution in [0.1, 0.15) is 36.6 Å². The van der Waals surface area contributed by atoms with E-state index in [0.717, 1.165) is 5.56 Å². The molecule has 4 rings (SSSR count). The van der Waals surface area contributed by atoms with Crippen LogP contribution in [0.4, 0.5) is 5.69 Å². The first kappa shape index (κ1) is 26.1. The van der Waals surface area contributed by atoms with Crippen molar-refractivity contribution in [2.45, 2.75) is 26.8 Å². The molecule has 0 saturated carbocycles. The minimum absolute atomic E-state index is 0.0520. The van der Waals surface area contributed by atoms with Gasteiger partial charge in [0.15, 0.2) is 11.5 Å². The third-order valence-corrected chi connectivity index (χ3v) is 6.34. The summed E-state index contributed by atoms with van der Waals surface area (Å²) in [6, 6.07) is 16.3. The van der Waals surface area contributed by atoms with Crippen molar-refractivity contribution in [3.63, 3.8) is 0 Å². The van der Waals surface area contributed by atoms with Crippen LogP contribution in [-0.4, -0.2) is 37.1 Å². The lowest BCUT2D eigenvalue weighted by Gasteiger charge is -2.26. The lowest BCUT2D eigenvalue weighted by molar-refractivity contribution is -0.132. The van der Waals surface area contributed by atoms with E-state index in [9.17, 15) is 14.7 Å². The fourth-order valence-corrected chi connectivity index (χ4v) is 4.57. The van der Waals surface area contributed by atoms with Gasteiger partial charge in [0.05, 0.1) is 37.0 Å². The summed E-state index contributed by atoms with van der Waals surface area (Å²) < 4.78 is 16.7. The Hall–Kier alpha value is -3.97. The lowest BCUT2D eigenvalue weighted by Crippen LogP contribution is -2.29. The summed E-state index contributed by atoms with van der Waals surface area (Å²) in [7, 11) is 1.53. The Balaban J connectivity index is 1.96. The highest BCUT2D eigenvalue weighted by Gasteiger charge is 2.47. The van der Waals surface area contributed by atoms with E-state index in [4.69, 9.17) is 25.8 Å². The summed E-state index contributed by atoms with van der Waals surface area (Å²) in [5.74, 6) is -0.541. The van der Waals surface area contributed by atoms with E-state index >= 15 is 0 Å². The maximum Gasteiger partial charge on any atom is 0.300 e. The number of ether oxygens (including phenoxy) is 3. The number of rotatable bonds is 8. The molecule has 3 aromatic rings. The second-order valence-electron chi connectivity index (χ2n) is 8.43. The van der Waals surface area contributed by atoms with E-state index < -0.39 is 17.7 Å². The number of ketones is 1. The molecule has 0 aromatic heterocycles. The Morgan fingerprint density at radius 2 is 1.68 bits per heavy atom. The van der Waals surface area contributed by atoms with Crippen LogP contribution in [-0.2, 0) is 9.59 Å². The van der Waals surface area contributed by atoms with Gasteiger partial charge in [-0.3, -0.25) is 14.5 Å². The zero-order valence-electron chi connectivity index (χ0n) is 21.1. The number of halogens is 1. The van der Waals surface area contributed by atoms with E-state index in [1.807, 2.05) is 39.0 Å².